The topological polar surface area (TPSA) is 92.3 Å². The number of methoxy groups -OCH3 is 1. The summed E-state index contributed by atoms with van der Waals surface area (Å²) in [5.41, 5.74) is 1.36. The van der Waals surface area contributed by atoms with Gasteiger partial charge in [-0.2, -0.15) is 0 Å². The molecule has 0 saturated heterocycles. The monoisotopic (exact) mass is 376 g/mol. The van der Waals surface area contributed by atoms with Crippen LogP contribution in [0.25, 0.3) is 21.3 Å². The molecule has 0 unspecified atom stereocenters. The molecule has 1 aromatic carbocycles. The smallest absolute Gasteiger partial charge is 0.319 e. The minimum absolute atomic E-state index is 0.284. The van der Waals surface area contributed by atoms with Gasteiger partial charge in [0.2, 0.25) is 0 Å². The second-order valence-electron chi connectivity index (χ2n) is 5.85. The molecule has 3 rings (SSSR count). The van der Waals surface area contributed by atoms with Gasteiger partial charge in [0.1, 0.15) is 15.3 Å². The van der Waals surface area contributed by atoms with Crippen molar-refractivity contribution in [1.82, 2.24) is 9.97 Å². The number of thiophene rings is 1. The van der Waals surface area contributed by atoms with Crippen LogP contribution >= 0.6 is 23.1 Å². The van der Waals surface area contributed by atoms with E-state index < -0.39 is 10.7 Å². The molecule has 0 bridgehead atoms. The lowest BCUT2D eigenvalue weighted by molar-refractivity contribution is -0.138. The molecule has 2 heterocycles. The number of aromatic amines is 1. The zero-order valence-corrected chi connectivity index (χ0v) is 15.5. The summed E-state index contributed by atoms with van der Waals surface area (Å²) in [6.45, 7) is 3.14. The van der Waals surface area contributed by atoms with E-state index in [1.807, 2.05) is 29.6 Å². The van der Waals surface area contributed by atoms with Crippen molar-refractivity contribution in [3.05, 3.63) is 40.0 Å². The van der Waals surface area contributed by atoms with Gasteiger partial charge < -0.3 is 14.8 Å². The van der Waals surface area contributed by atoms with E-state index >= 15 is 0 Å². The number of hydrogen-bond donors (Lipinski definition) is 2. The minimum atomic E-state index is -1.09. The van der Waals surface area contributed by atoms with E-state index in [-0.39, 0.29) is 5.56 Å². The number of H-pyrrole nitrogens is 1. The van der Waals surface area contributed by atoms with Gasteiger partial charge in [-0.25, -0.2) is 4.98 Å². The Hall–Kier alpha value is -2.32. The molecule has 0 atom stereocenters. The Balaban J connectivity index is 2.08. The zero-order chi connectivity index (χ0) is 18.2. The first-order valence-corrected chi connectivity index (χ1v) is 9.10. The fourth-order valence-corrected chi connectivity index (χ4v) is 4.12. The van der Waals surface area contributed by atoms with Crippen molar-refractivity contribution in [2.45, 2.75) is 23.8 Å². The van der Waals surface area contributed by atoms with Gasteiger partial charge in [0.15, 0.2) is 5.16 Å². The van der Waals surface area contributed by atoms with Crippen molar-refractivity contribution < 1.29 is 14.6 Å². The molecule has 2 N–H and O–H groups in total. The second-order valence-corrected chi connectivity index (χ2v) is 8.32. The molecule has 8 heteroatoms. The fraction of sp³-hybridized carbons (Fsp3) is 0.235. The number of carbonyl (C=O) groups is 1. The van der Waals surface area contributed by atoms with Crippen LogP contribution in [0.5, 0.6) is 5.75 Å². The highest BCUT2D eigenvalue weighted by Gasteiger charge is 2.30. The molecule has 6 nitrogen and oxygen atoms in total. The molecule has 25 heavy (non-hydrogen) atoms. The molecule has 2 aromatic heterocycles. The van der Waals surface area contributed by atoms with E-state index in [4.69, 9.17) is 4.74 Å². The van der Waals surface area contributed by atoms with Gasteiger partial charge in [0, 0.05) is 10.9 Å². The van der Waals surface area contributed by atoms with E-state index in [0.717, 1.165) is 22.9 Å². The van der Waals surface area contributed by atoms with Crippen molar-refractivity contribution in [3.63, 3.8) is 0 Å². The maximum atomic E-state index is 12.6. The molecule has 3 aromatic rings. The van der Waals surface area contributed by atoms with Crippen LogP contribution < -0.4 is 10.3 Å². The Morgan fingerprint density at radius 2 is 2.16 bits per heavy atom. The van der Waals surface area contributed by atoms with Gasteiger partial charge in [-0.1, -0.05) is 23.9 Å². The Bertz CT molecular complexity index is 1010. The molecule has 0 radical (unpaired) electrons. The summed E-state index contributed by atoms with van der Waals surface area (Å²) in [5.74, 6) is -0.264. The first-order chi connectivity index (χ1) is 11.8. The Labute approximate surface area is 151 Å². The number of thioether (sulfide) groups is 1. The predicted molar refractivity (Wildman–Crippen MR) is 99.8 cm³/mol. The molecular formula is C17H16N2O4S2. The molecule has 0 aliphatic carbocycles. The van der Waals surface area contributed by atoms with Crippen LogP contribution in [0.4, 0.5) is 0 Å². The first kappa shape index (κ1) is 17.5. The Morgan fingerprint density at radius 1 is 1.40 bits per heavy atom. The van der Waals surface area contributed by atoms with E-state index in [0.29, 0.717) is 21.1 Å². The average molecular weight is 376 g/mol. The number of nitrogens with zero attached hydrogens (tertiary/aromatic N) is 1. The van der Waals surface area contributed by atoms with Crippen LogP contribution in [0.2, 0.25) is 0 Å². The number of carboxylic acids is 1. The van der Waals surface area contributed by atoms with Crippen molar-refractivity contribution in [1.29, 1.82) is 0 Å². The highest BCUT2D eigenvalue weighted by molar-refractivity contribution is 8.01. The molecule has 0 aliphatic rings. The number of benzene rings is 1. The summed E-state index contributed by atoms with van der Waals surface area (Å²) in [4.78, 5) is 31.6. The fourth-order valence-electron chi connectivity index (χ4n) is 2.27. The standard InChI is InChI=1S/C17H16N2O4S2/c1-17(2,15(21)22)25-16-18-13(20)12-11(8-24-14(12)19-16)9-5-4-6-10(7-9)23-3/h4-8H,1-3H3,(H,21,22)(H,18,19,20). The maximum absolute atomic E-state index is 12.6. The molecule has 0 spiro atoms. The van der Waals surface area contributed by atoms with Gasteiger partial charge in [-0.3, -0.25) is 9.59 Å². The molecule has 130 valence electrons. The number of carboxylic acid groups (broad SMARTS) is 1. The summed E-state index contributed by atoms with van der Waals surface area (Å²) in [7, 11) is 1.59. The number of hydrogen-bond acceptors (Lipinski definition) is 6. The summed E-state index contributed by atoms with van der Waals surface area (Å²) >= 11 is 2.37. The van der Waals surface area contributed by atoms with Crippen LogP contribution in [-0.4, -0.2) is 32.9 Å². The van der Waals surface area contributed by atoms with E-state index in [2.05, 4.69) is 9.97 Å². The Morgan fingerprint density at radius 3 is 2.84 bits per heavy atom. The van der Waals surface area contributed by atoms with Crippen molar-refractivity contribution >= 4 is 39.3 Å². The maximum Gasteiger partial charge on any atom is 0.319 e. The van der Waals surface area contributed by atoms with Gasteiger partial charge in [-0.05, 0) is 31.5 Å². The summed E-state index contributed by atoms with van der Waals surface area (Å²) in [6.07, 6.45) is 0. The quantitative estimate of drug-likeness (QED) is 0.522. The van der Waals surface area contributed by atoms with E-state index in [1.54, 1.807) is 21.0 Å². The predicted octanol–water partition coefficient (Wildman–Crippen LogP) is 3.62. The van der Waals surface area contributed by atoms with Crippen molar-refractivity contribution in [2.75, 3.05) is 7.11 Å². The summed E-state index contributed by atoms with van der Waals surface area (Å²) in [5, 5.41) is 11.9. The number of aromatic nitrogens is 2. The number of rotatable bonds is 5. The SMILES string of the molecule is COc1cccc(-c2csc3nc(SC(C)(C)C(=O)O)[nH]c(=O)c23)c1. The molecule has 0 amide bonds. The van der Waals surface area contributed by atoms with Gasteiger partial charge >= 0.3 is 5.97 Å². The third-order valence-electron chi connectivity index (χ3n) is 3.67. The Kier molecular flexibility index (Phi) is 4.57. The van der Waals surface area contributed by atoms with Crippen molar-refractivity contribution in [3.8, 4) is 16.9 Å². The van der Waals surface area contributed by atoms with E-state index in [1.165, 1.54) is 11.3 Å². The van der Waals surface area contributed by atoms with E-state index in [9.17, 15) is 14.7 Å². The minimum Gasteiger partial charge on any atom is -0.497 e. The largest absolute Gasteiger partial charge is 0.497 e. The lowest BCUT2D eigenvalue weighted by Gasteiger charge is -2.16. The van der Waals surface area contributed by atoms with Gasteiger partial charge in [-0.15, -0.1) is 11.3 Å². The molecule has 0 aliphatic heterocycles. The van der Waals surface area contributed by atoms with Crippen LogP contribution in [0.3, 0.4) is 0 Å². The highest BCUT2D eigenvalue weighted by atomic mass is 32.2. The normalized spacial score (nSPS) is 11.6. The highest BCUT2D eigenvalue weighted by Crippen LogP contribution is 2.35. The second kappa shape index (κ2) is 6.53. The van der Waals surface area contributed by atoms with Gasteiger partial charge in [0.25, 0.3) is 5.56 Å². The lowest BCUT2D eigenvalue weighted by Crippen LogP contribution is -2.27. The zero-order valence-electron chi connectivity index (χ0n) is 13.8. The number of aliphatic carboxylic acids is 1. The molecule has 0 fully saturated rings. The molecule has 0 saturated carbocycles. The lowest BCUT2D eigenvalue weighted by atomic mass is 10.1. The average Bonchev–Trinajstić information content (AvgIpc) is 2.98. The van der Waals surface area contributed by atoms with Crippen LogP contribution in [0, 0.1) is 0 Å². The molecular weight excluding hydrogens is 360 g/mol. The third kappa shape index (κ3) is 3.40. The number of nitrogens with one attached hydrogen (secondary N) is 1. The summed E-state index contributed by atoms with van der Waals surface area (Å²) < 4.78 is 4.15. The van der Waals surface area contributed by atoms with Gasteiger partial charge in [0.05, 0.1) is 12.5 Å². The van der Waals surface area contributed by atoms with Crippen LogP contribution in [-0.2, 0) is 4.79 Å². The summed E-state index contributed by atoms with van der Waals surface area (Å²) in [6, 6.07) is 7.46. The van der Waals surface area contributed by atoms with Crippen molar-refractivity contribution in [2.24, 2.45) is 0 Å². The number of fused-ring (bicyclic) bond motifs is 1. The first-order valence-electron chi connectivity index (χ1n) is 7.40. The number of ether oxygens (including phenoxy) is 1. The van der Waals surface area contributed by atoms with Crippen LogP contribution in [0.1, 0.15) is 13.8 Å². The van der Waals surface area contributed by atoms with Crippen LogP contribution in [0.15, 0.2) is 39.6 Å². The third-order valence-corrected chi connectivity index (χ3v) is 5.61.